The van der Waals surface area contributed by atoms with Gasteiger partial charge in [-0.15, -0.1) is 0 Å². The van der Waals surface area contributed by atoms with Gasteiger partial charge < -0.3 is 10.2 Å². The Bertz CT molecular complexity index is 708. The maximum absolute atomic E-state index is 10.8. The molecule has 8 nitrogen and oxygen atoms in total. The monoisotopic (exact) mass is 330 g/mol. The van der Waals surface area contributed by atoms with E-state index in [0.29, 0.717) is 11.5 Å². The van der Waals surface area contributed by atoms with Crippen molar-refractivity contribution >= 4 is 17.2 Å². The van der Waals surface area contributed by atoms with E-state index in [9.17, 15) is 10.1 Å². The zero-order valence-corrected chi connectivity index (χ0v) is 13.8. The van der Waals surface area contributed by atoms with Gasteiger partial charge in [-0.2, -0.15) is 5.10 Å². The third kappa shape index (κ3) is 4.08. The summed E-state index contributed by atoms with van der Waals surface area (Å²) in [4.78, 5) is 17.1. The number of piperidine rings is 1. The lowest BCUT2D eigenvalue weighted by Gasteiger charge is -2.26. The second-order valence-corrected chi connectivity index (χ2v) is 6.08. The molecule has 3 rings (SSSR count). The quantitative estimate of drug-likeness (QED) is 0.647. The first kappa shape index (κ1) is 16.4. The van der Waals surface area contributed by atoms with Gasteiger partial charge in [-0.05, 0) is 38.9 Å². The van der Waals surface area contributed by atoms with Gasteiger partial charge in [-0.1, -0.05) is 6.42 Å². The van der Waals surface area contributed by atoms with Crippen molar-refractivity contribution in [1.82, 2.24) is 19.7 Å². The molecule has 0 aliphatic carbocycles. The van der Waals surface area contributed by atoms with Gasteiger partial charge in [0, 0.05) is 18.8 Å². The fraction of sp³-hybridized carbons (Fsp3) is 0.500. The van der Waals surface area contributed by atoms with E-state index in [2.05, 4.69) is 20.3 Å². The van der Waals surface area contributed by atoms with E-state index in [1.165, 1.54) is 38.4 Å². The van der Waals surface area contributed by atoms with E-state index in [0.717, 1.165) is 18.8 Å². The van der Waals surface area contributed by atoms with Gasteiger partial charge in [0.05, 0.1) is 23.4 Å². The van der Waals surface area contributed by atoms with Crippen molar-refractivity contribution in [3.8, 4) is 0 Å². The Hall–Kier alpha value is -2.48. The van der Waals surface area contributed by atoms with Crippen molar-refractivity contribution in [2.24, 2.45) is 0 Å². The molecule has 0 radical (unpaired) electrons. The van der Waals surface area contributed by atoms with Gasteiger partial charge in [-0.25, -0.2) is 4.98 Å². The number of rotatable bonds is 6. The minimum atomic E-state index is -0.426. The Kier molecular flexibility index (Phi) is 5.05. The van der Waals surface area contributed by atoms with Gasteiger partial charge in [0.1, 0.15) is 11.5 Å². The molecule has 2 aromatic rings. The van der Waals surface area contributed by atoms with Gasteiger partial charge in [0.25, 0.3) is 5.69 Å². The van der Waals surface area contributed by atoms with E-state index < -0.39 is 4.92 Å². The summed E-state index contributed by atoms with van der Waals surface area (Å²) in [5.41, 5.74) is 1.25. The second kappa shape index (κ2) is 7.39. The van der Waals surface area contributed by atoms with E-state index in [-0.39, 0.29) is 5.69 Å². The molecule has 0 atom stereocenters. The molecule has 0 saturated carbocycles. The summed E-state index contributed by atoms with van der Waals surface area (Å²) in [6, 6.07) is 3.07. The lowest BCUT2D eigenvalue weighted by molar-refractivity contribution is -0.385. The number of aryl methyl sites for hydroxylation is 1. The van der Waals surface area contributed by atoms with Gasteiger partial charge in [0.2, 0.25) is 0 Å². The minimum Gasteiger partial charge on any atom is -0.338 e. The van der Waals surface area contributed by atoms with Crippen molar-refractivity contribution in [3.63, 3.8) is 0 Å². The predicted octanol–water partition coefficient (Wildman–Crippen LogP) is 2.72. The van der Waals surface area contributed by atoms with Crippen LogP contribution in [0.25, 0.3) is 0 Å². The van der Waals surface area contributed by atoms with Crippen LogP contribution in [-0.4, -0.2) is 44.2 Å². The van der Waals surface area contributed by atoms with Crippen LogP contribution in [0.1, 0.15) is 25.0 Å². The highest BCUT2D eigenvalue weighted by Gasteiger charge is 2.12. The molecule has 0 spiro atoms. The molecule has 0 amide bonds. The van der Waals surface area contributed by atoms with Crippen LogP contribution in [0.2, 0.25) is 0 Å². The highest BCUT2D eigenvalue weighted by Crippen LogP contribution is 2.20. The van der Waals surface area contributed by atoms with E-state index in [4.69, 9.17) is 0 Å². The van der Waals surface area contributed by atoms with Crippen LogP contribution in [0.3, 0.4) is 0 Å². The summed E-state index contributed by atoms with van der Waals surface area (Å²) in [5, 5.41) is 18.3. The lowest BCUT2D eigenvalue weighted by Crippen LogP contribution is -2.32. The summed E-state index contributed by atoms with van der Waals surface area (Å²) >= 11 is 0. The van der Waals surface area contributed by atoms with Gasteiger partial charge in [-0.3, -0.25) is 14.8 Å². The average molecular weight is 330 g/mol. The molecular formula is C16H22N6O2. The van der Waals surface area contributed by atoms with Crippen molar-refractivity contribution in [2.45, 2.75) is 32.7 Å². The number of nitrogens with zero attached hydrogens (tertiary/aromatic N) is 5. The normalized spacial score (nSPS) is 15.4. The number of aromatic nitrogens is 3. The highest BCUT2D eigenvalue weighted by molar-refractivity contribution is 5.56. The number of likely N-dealkylation sites (tertiary alicyclic amines) is 1. The number of nitrogens with one attached hydrogen (secondary N) is 1. The molecular weight excluding hydrogens is 308 g/mol. The first-order valence-electron chi connectivity index (χ1n) is 8.26. The smallest absolute Gasteiger partial charge is 0.290 e. The number of nitro groups is 1. The first-order chi connectivity index (χ1) is 11.6. The fourth-order valence-electron chi connectivity index (χ4n) is 2.94. The zero-order valence-electron chi connectivity index (χ0n) is 13.8. The highest BCUT2D eigenvalue weighted by atomic mass is 16.6. The molecule has 2 aromatic heterocycles. The van der Waals surface area contributed by atoms with E-state index in [1.807, 2.05) is 10.9 Å². The van der Waals surface area contributed by atoms with Crippen molar-refractivity contribution in [1.29, 1.82) is 0 Å². The molecule has 0 bridgehead atoms. The summed E-state index contributed by atoms with van der Waals surface area (Å²) in [7, 11) is 0. The molecule has 3 heterocycles. The maximum atomic E-state index is 10.8. The standard InChI is InChI=1S/C16H22N6O2/c1-13-15(22(23)24)5-6-16(18-13)19-14-11-17-21(12-14)10-9-20-7-3-2-4-8-20/h5-6,11-12H,2-4,7-10H2,1H3,(H,18,19). The third-order valence-corrected chi connectivity index (χ3v) is 4.25. The predicted molar refractivity (Wildman–Crippen MR) is 91.4 cm³/mol. The van der Waals surface area contributed by atoms with Crippen molar-refractivity contribution < 1.29 is 4.92 Å². The van der Waals surface area contributed by atoms with Gasteiger partial charge >= 0.3 is 0 Å². The molecule has 1 N–H and O–H groups in total. The summed E-state index contributed by atoms with van der Waals surface area (Å²) in [6.07, 6.45) is 7.60. The Balaban J connectivity index is 1.57. The molecule has 0 aromatic carbocycles. The number of hydrogen-bond donors (Lipinski definition) is 1. The summed E-state index contributed by atoms with van der Waals surface area (Å²) in [5.74, 6) is 0.577. The van der Waals surface area contributed by atoms with E-state index >= 15 is 0 Å². The Morgan fingerprint density at radius 1 is 1.25 bits per heavy atom. The van der Waals surface area contributed by atoms with Crippen molar-refractivity contribution in [2.75, 3.05) is 25.0 Å². The molecule has 0 unspecified atom stereocenters. The third-order valence-electron chi connectivity index (χ3n) is 4.25. The SMILES string of the molecule is Cc1nc(Nc2cnn(CCN3CCCCC3)c2)ccc1[N+](=O)[O-]. The maximum Gasteiger partial charge on any atom is 0.290 e. The first-order valence-corrected chi connectivity index (χ1v) is 8.26. The largest absolute Gasteiger partial charge is 0.338 e. The molecule has 128 valence electrons. The van der Waals surface area contributed by atoms with Crippen LogP contribution >= 0.6 is 0 Å². The average Bonchev–Trinajstić information content (AvgIpc) is 3.01. The Labute approximate surface area is 140 Å². The lowest BCUT2D eigenvalue weighted by atomic mass is 10.1. The molecule has 1 aliphatic rings. The van der Waals surface area contributed by atoms with Crippen LogP contribution in [0.5, 0.6) is 0 Å². The Morgan fingerprint density at radius 3 is 2.75 bits per heavy atom. The Morgan fingerprint density at radius 2 is 2.04 bits per heavy atom. The fourth-order valence-corrected chi connectivity index (χ4v) is 2.94. The number of hydrogen-bond acceptors (Lipinski definition) is 6. The van der Waals surface area contributed by atoms with Crippen LogP contribution in [0.15, 0.2) is 24.5 Å². The number of pyridine rings is 1. The number of anilines is 2. The van der Waals surface area contributed by atoms with Crippen LogP contribution in [0, 0.1) is 17.0 Å². The molecule has 24 heavy (non-hydrogen) atoms. The van der Waals surface area contributed by atoms with E-state index in [1.54, 1.807) is 19.2 Å². The summed E-state index contributed by atoms with van der Waals surface area (Å²) in [6.45, 7) is 5.85. The second-order valence-electron chi connectivity index (χ2n) is 6.08. The van der Waals surface area contributed by atoms with Gasteiger partial charge in [0.15, 0.2) is 0 Å². The molecule has 8 heteroatoms. The summed E-state index contributed by atoms with van der Waals surface area (Å²) < 4.78 is 1.91. The molecule has 1 fully saturated rings. The van der Waals surface area contributed by atoms with Crippen LogP contribution in [0.4, 0.5) is 17.2 Å². The zero-order chi connectivity index (χ0) is 16.9. The molecule has 1 saturated heterocycles. The van der Waals surface area contributed by atoms with Crippen LogP contribution in [-0.2, 0) is 6.54 Å². The molecule has 1 aliphatic heterocycles. The van der Waals surface area contributed by atoms with Crippen LogP contribution < -0.4 is 5.32 Å². The van der Waals surface area contributed by atoms with Crippen molar-refractivity contribution in [3.05, 3.63) is 40.3 Å². The topological polar surface area (TPSA) is 89.1 Å². The minimum absolute atomic E-state index is 0.0257.